The van der Waals surface area contributed by atoms with Gasteiger partial charge in [0.15, 0.2) is 11.5 Å². The van der Waals surface area contributed by atoms with Gasteiger partial charge in [0.05, 0.1) is 17.5 Å². The molecule has 0 heterocycles. The Morgan fingerprint density at radius 2 is 2.18 bits per heavy atom. The van der Waals surface area contributed by atoms with E-state index in [-0.39, 0.29) is 16.3 Å². The Morgan fingerprint density at radius 3 is 2.59 bits per heavy atom. The standard InChI is InChI=1S/C11H10ClFO4/c1-17-6-4-5(13)8(12)7(9(6)14)11(2-3-11)10(15)16/h4,14H,2-3H2,1H3,(H,15,16). The van der Waals surface area contributed by atoms with Crippen molar-refractivity contribution in [2.45, 2.75) is 18.3 Å². The minimum absolute atomic E-state index is 0.0940. The average molecular weight is 261 g/mol. The lowest BCUT2D eigenvalue weighted by atomic mass is 9.94. The lowest BCUT2D eigenvalue weighted by Crippen LogP contribution is -2.20. The molecule has 1 fully saturated rings. The van der Waals surface area contributed by atoms with E-state index >= 15 is 0 Å². The van der Waals surface area contributed by atoms with Crippen LogP contribution in [0, 0.1) is 5.82 Å². The zero-order chi connectivity index (χ0) is 12.8. The van der Waals surface area contributed by atoms with Gasteiger partial charge in [0, 0.05) is 11.6 Å². The van der Waals surface area contributed by atoms with Crippen LogP contribution in [0.4, 0.5) is 4.39 Å². The highest BCUT2D eigenvalue weighted by Gasteiger charge is 2.55. The number of halogens is 2. The summed E-state index contributed by atoms with van der Waals surface area (Å²) in [5, 5.41) is 18.6. The second kappa shape index (κ2) is 3.77. The van der Waals surface area contributed by atoms with Crippen LogP contribution in [0.3, 0.4) is 0 Å². The van der Waals surface area contributed by atoms with Crippen LogP contribution in [0.1, 0.15) is 18.4 Å². The van der Waals surface area contributed by atoms with Gasteiger partial charge in [-0.05, 0) is 12.8 Å². The second-order valence-electron chi connectivity index (χ2n) is 3.99. The molecule has 0 amide bonds. The summed E-state index contributed by atoms with van der Waals surface area (Å²) in [4.78, 5) is 11.2. The van der Waals surface area contributed by atoms with Gasteiger partial charge in [-0.15, -0.1) is 0 Å². The van der Waals surface area contributed by atoms with E-state index in [9.17, 15) is 14.3 Å². The van der Waals surface area contributed by atoms with E-state index < -0.39 is 23.0 Å². The molecule has 6 heteroatoms. The van der Waals surface area contributed by atoms with Crippen molar-refractivity contribution in [2.24, 2.45) is 0 Å². The molecule has 1 aromatic rings. The van der Waals surface area contributed by atoms with Crippen molar-refractivity contribution in [3.05, 3.63) is 22.5 Å². The van der Waals surface area contributed by atoms with Crippen molar-refractivity contribution < 1.29 is 24.1 Å². The molecule has 1 aliphatic carbocycles. The lowest BCUT2D eigenvalue weighted by molar-refractivity contribution is -0.140. The summed E-state index contributed by atoms with van der Waals surface area (Å²) in [5.41, 5.74) is -1.38. The molecule has 0 bridgehead atoms. The van der Waals surface area contributed by atoms with Crippen LogP contribution in [0.25, 0.3) is 0 Å². The number of ether oxygens (including phenoxy) is 1. The first kappa shape index (κ1) is 12.0. The third kappa shape index (κ3) is 1.61. The monoisotopic (exact) mass is 260 g/mol. The fraction of sp³-hybridized carbons (Fsp3) is 0.364. The van der Waals surface area contributed by atoms with Gasteiger partial charge in [-0.3, -0.25) is 4.79 Å². The number of phenolic OH excluding ortho intramolecular Hbond substituents is 1. The van der Waals surface area contributed by atoms with Crippen molar-refractivity contribution in [3.8, 4) is 11.5 Å². The average Bonchev–Trinajstić information content (AvgIpc) is 3.05. The number of benzene rings is 1. The van der Waals surface area contributed by atoms with Gasteiger partial charge in [-0.1, -0.05) is 11.6 Å². The van der Waals surface area contributed by atoms with Gasteiger partial charge in [-0.2, -0.15) is 0 Å². The number of carbonyl (C=O) groups is 1. The van der Waals surface area contributed by atoms with Crippen molar-refractivity contribution in [1.29, 1.82) is 0 Å². The molecule has 0 spiro atoms. The first-order chi connectivity index (χ1) is 7.94. The quantitative estimate of drug-likeness (QED) is 0.875. The minimum atomic E-state index is -1.28. The van der Waals surface area contributed by atoms with E-state index in [0.29, 0.717) is 12.8 Å². The van der Waals surface area contributed by atoms with Gasteiger partial charge in [0.2, 0.25) is 0 Å². The Bertz CT molecular complexity index is 497. The molecule has 0 unspecified atom stereocenters. The highest BCUT2D eigenvalue weighted by molar-refractivity contribution is 6.32. The molecule has 2 rings (SSSR count). The van der Waals surface area contributed by atoms with Crippen LogP contribution in [-0.2, 0) is 10.2 Å². The Balaban J connectivity index is 2.69. The fourth-order valence-corrected chi connectivity index (χ4v) is 2.21. The number of methoxy groups -OCH3 is 1. The van der Waals surface area contributed by atoms with Crippen molar-refractivity contribution >= 4 is 17.6 Å². The molecular weight excluding hydrogens is 251 g/mol. The summed E-state index contributed by atoms with van der Waals surface area (Å²) >= 11 is 5.74. The van der Waals surface area contributed by atoms with E-state index in [1.165, 1.54) is 7.11 Å². The number of aliphatic carboxylic acids is 1. The summed E-state index contributed by atoms with van der Waals surface area (Å²) in [6, 6.07) is 0.930. The van der Waals surface area contributed by atoms with E-state index in [1.54, 1.807) is 0 Å². The zero-order valence-corrected chi connectivity index (χ0v) is 9.71. The summed E-state index contributed by atoms with van der Waals surface area (Å²) in [7, 11) is 1.26. The van der Waals surface area contributed by atoms with Crippen molar-refractivity contribution in [3.63, 3.8) is 0 Å². The minimum Gasteiger partial charge on any atom is -0.504 e. The van der Waals surface area contributed by atoms with Gasteiger partial charge in [0.1, 0.15) is 5.82 Å². The number of aromatic hydroxyl groups is 1. The molecule has 17 heavy (non-hydrogen) atoms. The summed E-state index contributed by atoms with van der Waals surface area (Å²) < 4.78 is 18.3. The SMILES string of the molecule is COc1cc(F)c(Cl)c(C2(C(=O)O)CC2)c1O. The maximum atomic E-state index is 13.5. The van der Waals surface area contributed by atoms with Crippen molar-refractivity contribution in [1.82, 2.24) is 0 Å². The van der Waals surface area contributed by atoms with Crippen LogP contribution in [0.5, 0.6) is 11.5 Å². The molecule has 2 N–H and O–H groups in total. The number of phenols is 1. The molecule has 0 aliphatic heterocycles. The third-order valence-electron chi connectivity index (χ3n) is 3.02. The number of rotatable bonds is 3. The number of carboxylic acid groups (broad SMARTS) is 1. The summed E-state index contributed by atoms with van der Waals surface area (Å²) in [6.07, 6.45) is 0.643. The topological polar surface area (TPSA) is 66.8 Å². The normalized spacial score (nSPS) is 16.6. The van der Waals surface area contributed by atoms with Crippen molar-refractivity contribution in [2.75, 3.05) is 7.11 Å². The first-order valence-electron chi connectivity index (χ1n) is 4.93. The fourth-order valence-electron chi connectivity index (χ4n) is 1.88. The lowest BCUT2D eigenvalue weighted by Gasteiger charge is -2.16. The molecule has 0 radical (unpaired) electrons. The zero-order valence-electron chi connectivity index (χ0n) is 8.96. The van der Waals surface area contributed by atoms with Gasteiger partial charge < -0.3 is 14.9 Å². The largest absolute Gasteiger partial charge is 0.504 e. The van der Waals surface area contributed by atoms with Crippen LogP contribution >= 0.6 is 11.6 Å². The maximum Gasteiger partial charge on any atom is 0.314 e. The molecule has 92 valence electrons. The molecule has 0 saturated heterocycles. The predicted molar refractivity (Wildman–Crippen MR) is 58.2 cm³/mol. The molecule has 4 nitrogen and oxygen atoms in total. The van der Waals surface area contributed by atoms with Crippen LogP contribution in [-0.4, -0.2) is 23.3 Å². The van der Waals surface area contributed by atoms with Crippen LogP contribution in [0.2, 0.25) is 5.02 Å². The van der Waals surface area contributed by atoms with Gasteiger partial charge in [0.25, 0.3) is 0 Å². The molecule has 1 aliphatic rings. The molecular formula is C11H10ClFO4. The Hall–Kier alpha value is -1.49. The number of hydrogen-bond donors (Lipinski definition) is 2. The van der Waals surface area contributed by atoms with Gasteiger partial charge >= 0.3 is 5.97 Å². The molecule has 1 saturated carbocycles. The van der Waals surface area contributed by atoms with E-state index in [2.05, 4.69) is 0 Å². The molecule has 0 aromatic heterocycles. The maximum absolute atomic E-state index is 13.5. The van der Waals surface area contributed by atoms with E-state index in [4.69, 9.17) is 21.4 Å². The van der Waals surface area contributed by atoms with Crippen LogP contribution < -0.4 is 4.74 Å². The second-order valence-corrected chi connectivity index (χ2v) is 4.36. The smallest absolute Gasteiger partial charge is 0.314 e. The van der Waals surface area contributed by atoms with Gasteiger partial charge in [-0.25, -0.2) is 4.39 Å². The Labute approximate surface area is 102 Å². The van der Waals surface area contributed by atoms with E-state index in [1.807, 2.05) is 0 Å². The Kier molecular flexibility index (Phi) is 2.66. The highest BCUT2D eigenvalue weighted by atomic mass is 35.5. The highest BCUT2D eigenvalue weighted by Crippen LogP contribution is 2.56. The van der Waals surface area contributed by atoms with E-state index in [0.717, 1.165) is 6.07 Å². The molecule has 0 atom stereocenters. The first-order valence-corrected chi connectivity index (χ1v) is 5.30. The number of hydrogen-bond acceptors (Lipinski definition) is 3. The third-order valence-corrected chi connectivity index (χ3v) is 3.38. The Morgan fingerprint density at radius 1 is 1.59 bits per heavy atom. The summed E-state index contributed by atoms with van der Waals surface area (Å²) in [5.74, 6) is -2.44. The number of carboxylic acids is 1. The summed E-state index contributed by atoms with van der Waals surface area (Å²) in [6.45, 7) is 0. The van der Waals surface area contributed by atoms with Crippen LogP contribution in [0.15, 0.2) is 6.07 Å². The predicted octanol–water partition coefficient (Wildman–Crippen LogP) is 2.31. The molecule has 1 aromatic carbocycles.